The molecule has 2 N–H and O–H groups in total. The SMILES string of the molecule is CCOP(OCC)OCC.Cc1ccc2c(c1)Cc1cc(N)ccc1-2. The molecule has 4 nitrogen and oxygen atoms in total. The molecule has 0 radical (unpaired) electrons. The second kappa shape index (κ2) is 9.88. The van der Waals surface area contributed by atoms with E-state index in [0.29, 0.717) is 19.8 Å². The number of fused-ring (bicyclic) bond motifs is 3. The van der Waals surface area contributed by atoms with Crippen LogP contribution in [0.25, 0.3) is 11.1 Å². The molecule has 0 spiro atoms. The molecular weight excluding hydrogens is 333 g/mol. The van der Waals surface area contributed by atoms with Gasteiger partial charge in [-0.2, -0.15) is 0 Å². The van der Waals surface area contributed by atoms with Crippen LogP contribution >= 0.6 is 8.60 Å². The molecule has 0 bridgehead atoms. The Kier molecular flexibility index (Phi) is 7.86. The maximum atomic E-state index is 5.80. The van der Waals surface area contributed by atoms with Crippen LogP contribution in [0.15, 0.2) is 36.4 Å². The fourth-order valence-electron chi connectivity index (χ4n) is 2.79. The Balaban J connectivity index is 0.000000199. The zero-order valence-corrected chi connectivity index (χ0v) is 16.4. The van der Waals surface area contributed by atoms with E-state index in [2.05, 4.69) is 37.3 Å². The molecule has 3 rings (SSSR count). The van der Waals surface area contributed by atoms with Crippen LogP contribution < -0.4 is 5.73 Å². The van der Waals surface area contributed by atoms with Crippen molar-refractivity contribution in [3.05, 3.63) is 53.1 Å². The molecule has 0 amide bonds. The number of nitrogens with two attached hydrogens (primary N) is 1. The molecule has 0 aliphatic heterocycles. The molecule has 2 aromatic carbocycles. The van der Waals surface area contributed by atoms with Gasteiger partial charge in [0.05, 0.1) is 19.8 Å². The minimum atomic E-state index is -1.06. The van der Waals surface area contributed by atoms with Gasteiger partial charge in [0, 0.05) is 5.69 Å². The van der Waals surface area contributed by atoms with Gasteiger partial charge in [-0.3, -0.25) is 0 Å². The standard InChI is InChI=1S/C14H13N.C6H15O3P/c1-9-2-4-13-10(6-9)7-11-8-12(15)3-5-14(11)13;1-4-7-10(8-5-2)9-6-3/h2-6,8H,7,15H2,1H3;4-6H2,1-3H3. The van der Waals surface area contributed by atoms with Gasteiger partial charge < -0.3 is 19.3 Å². The summed E-state index contributed by atoms with van der Waals surface area (Å²) in [6, 6.07) is 12.9. The largest absolute Gasteiger partial charge is 0.399 e. The van der Waals surface area contributed by atoms with Gasteiger partial charge in [0.2, 0.25) is 0 Å². The van der Waals surface area contributed by atoms with Crippen molar-refractivity contribution in [1.29, 1.82) is 0 Å². The third-order valence-electron chi connectivity index (χ3n) is 3.76. The van der Waals surface area contributed by atoms with Crippen molar-refractivity contribution in [3.63, 3.8) is 0 Å². The molecule has 0 fully saturated rings. The number of hydrogen-bond acceptors (Lipinski definition) is 4. The lowest BCUT2D eigenvalue weighted by Crippen LogP contribution is -1.94. The highest BCUT2D eigenvalue weighted by Gasteiger charge is 2.17. The Bertz CT molecular complexity index is 627. The summed E-state index contributed by atoms with van der Waals surface area (Å²) in [5, 5.41) is 0. The number of aryl methyl sites for hydroxylation is 1. The minimum Gasteiger partial charge on any atom is -0.399 e. The molecule has 0 unspecified atom stereocenters. The number of nitrogen functional groups attached to an aromatic ring is 1. The maximum absolute atomic E-state index is 5.80. The number of hydrogen-bond donors (Lipinski definition) is 1. The van der Waals surface area contributed by atoms with Crippen molar-refractivity contribution in [3.8, 4) is 11.1 Å². The van der Waals surface area contributed by atoms with Gasteiger partial charge in [0.1, 0.15) is 0 Å². The highest BCUT2D eigenvalue weighted by atomic mass is 31.2. The molecule has 0 saturated carbocycles. The number of anilines is 1. The Morgan fingerprint density at radius 3 is 1.92 bits per heavy atom. The first-order valence-corrected chi connectivity index (χ1v) is 9.85. The molecular formula is C20H28NO3P. The molecule has 5 heteroatoms. The highest BCUT2D eigenvalue weighted by molar-refractivity contribution is 7.41. The smallest absolute Gasteiger partial charge is 0.332 e. The normalized spacial score (nSPS) is 11.7. The summed E-state index contributed by atoms with van der Waals surface area (Å²) in [7, 11) is -1.06. The monoisotopic (exact) mass is 361 g/mol. The summed E-state index contributed by atoms with van der Waals surface area (Å²) >= 11 is 0. The summed E-state index contributed by atoms with van der Waals surface area (Å²) < 4.78 is 15.4. The Hall–Kier alpha value is -1.45. The van der Waals surface area contributed by atoms with Crippen LogP contribution in [0.1, 0.15) is 37.5 Å². The summed E-state index contributed by atoms with van der Waals surface area (Å²) in [6.45, 7) is 9.84. The summed E-state index contributed by atoms with van der Waals surface area (Å²) in [6.07, 6.45) is 1.03. The van der Waals surface area contributed by atoms with E-state index in [1.807, 2.05) is 26.8 Å². The van der Waals surface area contributed by atoms with Crippen molar-refractivity contribution in [1.82, 2.24) is 0 Å². The lowest BCUT2D eigenvalue weighted by atomic mass is 10.0. The second-order valence-corrected chi connectivity index (χ2v) is 6.95. The van der Waals surface area contributed by atoms with Crippen LogP contribution in [0.2, 0.25) is 0 Å². The zero-order chi connectivity index (χ0) is 18.2. The van der Waals surface area contributed by atoms with Crippen molar-refractivity contribution in [2.24, 2.45) is 0 Å². The van der Waals surface area contributed by atoms with Crippen LogP contribution in [-0.4, -0.2) is 19.8 Å². The first-order valence-electron chi connectivity index (χ1n) is 8.76. The van der Waals surface area contributed by atoms with E-state index in [1.165, 1.54) is 27.8 Å². The fraction of sp³-hybridized carbons (Fsp3) is 0.400. The van der Waals surface area contributed by atoms with Gasteiger partial charge in [0.15, 0.2) is 0 Å². The summed E-state index contributed by atoms with van der Waals surface area (Å²) in [5.41, 5.74) is 13.5. The molecule has 0 heterocycles. The van der Waals surface area contributed by atoms with Crippen LogP contribution in [0.5, 0.6) is 0 Å². The average molecular weight is 361 g/mol. The van der Waals surface area contributed by atoms with Crippen molar-refractivity contribution in [2.75, 3.05) is 25.6 Å². The predicted molar refractivity (Wildman–Crippen MR) is 106 cm³/mol. The van der Waals surface area contributed by atoms with Crippen molar-refractivity contribution in [2.45, 2.75) is 34.1 Å². The van der Waals surface area contributed by atoms with Crippen molar-refractivity contribution < 1.29 is 13.6 Å². The van der Waals surface area contributed by atoms with E-state index in [-0.39, 0.29) is 0 Å². The van der Waals surface area contributed by atoms with Crippen molar-refractivity contribution >= 4 is 14.3 Å². The molecule has 0 aromatic heterocycles. The van der Waals surface area contributed by atoms with E-state index in [9.17, 15) is 0 Å². The summed E-state index contributed by atoms with van der Waals surface area (Å²) in [4.78, 5) is 0. The molecule has 136 valence electrons. The van der Waals surface area contributed by atoms with E-state index >= 15 is 0 Å². The quantitative estimate of drug-likeness (QED) is 0.467. The molecule has 2 aromatic rings. The zero-order valence-electron chi connectivity index (χ0n) is 15.5. The first kappa shape index (κ1) is 19.9. The number of rotatable bonds is 6. The molecule has 0 saturated heterocycles. The van der Waals surface area contributed by atoms with Crippen LogP contribution in [0.4, 0.5) is 5.69 Å². The van der Waals surface area contributed by atoms with E-state index in [0.717, 1.165) is 12.1 Å². The summed E-state index contributed by atoms with van der Waals surface area (Å²) in [5.74, 6) is 0. The van der Waals surface area contributed by atoms with E-state index < -0.39 is 8.60 Å². The highest BCUT2D eigenvalue weighted by Crippen LogP contribution is 2.39. The molecule has 1 aliphatic carbocycles. The van der Waals surface area contributed by atoms with E-state index in [4.69, 9.17) is 19.3 Å². The third-order valence-corrected chi connectivity index (χ3v) is 5.17. The van der Waals surface area contributed by atoms with Crippen LogP contribution in [-0.2, 0) is 20.0 Å². The predicted octanol–water partition coefficient (Wildman–Crippen LogP) is 5.47. The van der Waals surface area contributed by atoms with Gasteiger partial charge in [-0.25, -0.2) is 0 Å². The minimum absolute atomic E-state index is 0.645. The Morgan fingerprint density at radius 1 is 0.840 bits per heavy atom. The molecule has 25 heavy (non-hydrogen) atoms. The third kappa shape index (κ3) is 5.52. The topological polar surface area (TPSA) is 53.7 Å². The van der Waals surface area contributed by atoms with E-state index in [1.54, 1.807) is 0 Å². The molecule has 0 atom stereocenters. The lowest BCUT2D eigenvalue weighted by Gasteiger charge is -2.12. The Morgan fingerprint density at radius 2 is 1.36 bits per heavy atom. The fourth-order valence-corrected chi connectivity index (χ4v) is 3.64. The first-order chi connectivity index (χ1) is 12.1. The van der Waals surface area contributed by atoms with Gasteiger partial charge >= 0.3 is 8.60 Å². The average Bonchev–Trinajstić information content (AvgIpc) is 2.92. The van der Waals surface area contributed by atoms with Crippen LogP contribution in [0.3, 0.4) is 0 Å². The van der Waals surface area contributed by atoms with Gasteiger partial charge in [-0.15, -0.1) is 0 Å². The van der Waals surface area contributed by atoms with Gasteiger partial charge in [0.25, 0.3) is 0 Å². The maximum Gasteiger partial charge on any atom is 0.332 e. The van der Waals surface area contributed by atoms with Crippen LogP contribution in [0, 0.1) is 6.92 Å². The second-order valence-electron chi connectivity index (χ2n) is 5.73. The number of benzene rings is 2. The Labute approximate surface area is 152 Å². The van der Waals surface area contributed by atoms with Gasteiger partial charge in [-0.1, -0.05) is 29.8 Å². The lowest BCUT2D eigenvalue weighted by molar-refractivity contribution is 0.176. The molecule has 1 aliphatic rings. The van der Waals surface area contributed by atoms with Gasteiger partial charge in [-0.05, 0) is 68.5 Å².